The third kappa shape index (κ3) is 2.58. The van der Waals surface area contributed by atoms with Crippen molar-refractivity contribution < 1.29 is 4.74 Å². The second-order valence-electron chi connectivity index (χ2n) is 5.32. The molecule has 2 atom stereocenters. The summed E-state index contributed by atoms with van der Waals surface area (Å²) in [7, 11) is 0. The number of epoxide rings is 1. The number of rotatable bonds is 1. The maximum Gasteiger partial charge on any atom is 0.159 e. The summed E-state index contributed by atoms with van der Waals surface area (Å²) in [4.78, 5) is 0. The van der Waals surface area contributed by atoms with Crippen molar-refractivity contribution in [2.24, 2.45) is 5.92 Å². The molecule has 0 aromatic heterocycles. The second kappa shape index (κ2) is 4.48. The number of hydrogen-bond acceptors (Lipinski definition) is 1. The van der Waals surface area contributed by atoms with Gasteiger partial charge in [-0.2, -0.15) is 0 Å². The lowest BCUT2D eigenvalue weighted by Gasteiger charge is -2.16. The molecule has 1 aliphatic heterocycles. The molecule has 0 aromatic rings. The predicted molar refractivity (Wildman–Crippen MR) is 68.1 cm³/mol. The molecule has 1 unspecified atom stereocenters. The molecule has 0 amide bonds. The molecule has 0 bridgehead atoms. The summed E-state index contributed by atoms with van der Waals surface area (Å²) in [6.45, 7) is 10.7. The van der Waals surface area contributed by atoms with Gasteiger partial charge in [0, 0.05) is 6.42 Å². The number of hydrogen-bond donors (Lipinski definition) is 0. The third-order valence-electron chi connectivity index (χ3n) is 3.75. The van der Waals surface area contributed by atoms with Gasteiger partial charge in [-0.15, -0.1) is 0 Å². The van der Waals surface area contributed by atoms with Crippen LogP contribution in [-0.2, 0) is 4.74 Å². The minimum absolute atomic E-state index is 0.401. The summed E-state index contributed by atoms with van der Waals surface area (Å²) in [6, 6.07) is 0. The molecule has 1 heteroatoms. The molecule has 2 rings (SSSR count). The fourth-order valence-corrected chi connectivity index (χ4v) is 2.43. The monoisotopic (exact) mass is 218 g/mol. The molecule has 16 heavy (non-hydrogen) atoms. The van der Waals surface area contributed by atoms with E-state index in [4.69, 9.17) is 4.74 Å². The smallest absolute Gasteiger partial charge is 0.159 e. The maximum absolute atomic E-state index is 5.64. The van der Waals surface area contributed by atoms with Crippen LogP contribution >= 0.6 is 0 Å². The highest BCUT2D eigenvalue weighted by molar-refractivity contribution is 5.25. The zero-order chi connectivity index (χ0) is 11.7. The van der Waals surface area contributed by atoms with Gasteiger partial charge >= 0.3 is 0 Å². The summed E-state index contributed by atoms with van der Waals surface area (Å²) in [5, 5.41) is 0. The largest absolute Gasteiger partial charge is 0.483 e. The zero-order valence-corrected chi connectivity index (χ0v) is 10.7. The average Bonchev–Trinajstić information content (AvgIpc) is 2.95. The summed E-state index contributed by atoms with van der Waals surface area (Å²) < 4.78 is 5.64. The van der Waals surface area contributed by atoms with E-state index in [0.717, 1.165) is 19.3 Å². The Morgan fingerprint density at radius 2 is 2.19 bits per heavy atom. The Labute approximate surface area is 98.9 Å². The Balaban J connectivity index is 2.13. The van der Waals surface area contributed by atoms with Crippen LogP contribution in [-0.4, -0.2) is 6.10 Å². The molecule has 0 aromatic carbocycles. The fraction of sp³-hybridized carbons (Fsp3) is 0.600. The van der Waals surface area contributed by atoms with E-state index in [9.17, 15) is 0 Å². The van der Waals surface area contributed by atoms with Gasteiger partial charge in [0.15, 0.2) is 6.10 Å². The zero-order valence-electron chi connectivity index (χ0n) is 10.7. The average molecular weight is 218 g/mol. The highest BCUT2D eigenvalue weighted by atomic mass is 16.6. The van der Waals surface area contributed by atoms with Crippen LogP contribution < -0.4 is 0 Å². The van der Waals surface area contributed by atoms with Gasteiger partial charge in [0.05, 0.1) is 0 Å². The standard InChI is InChI=1S/C15H22O/c1-10(2)13-7-5-11(3)9-14-15(16-14)12(4)6-8-13/h5,13-14H,1,6-9H2,2-4H3/b11-5-,15-12+/t13-,14?/m0/s1. The van der Waals surface area contributed by atoms with Gasteiger partial charge in [0.2, 0.25) is 0 Å². The van der Waals surface area contributed by atoms with Crippen LogP contribution in [0.3, 0.4) is 0 Å². The predicted octanol–water partition coefficient (Wildman–Crippen LogP) is 4.37. The van der Waals surface area contributed by atoms with Crippen molar-refractivity contribution >= 4 is 0 Å². The first-order chi connectivity index (χ1) is 7.58. The van der Waals surface area contributed by atoms with Crippen LogP contribution in [0.1, 0.15) is 46.5 Å². The molecule has 1 heterocycles. The van der Waals surface area contributed by atoms with E-state index in [2.05, 4.69) is 33.4 Å². The lowest BCUT2D eigenvalue weighted by Crippen LogP contribution is -2.02. The molecule has 2 aliphatic rings. The Hall–Kier alpha value is -0.980. The lowest BCUT2D eigenvalue weighted by atomic mass is 9.89. The normalized spacial score (nSPS) is 37.8. The van der Waals surface area contributed by atoms with E-state index < -0.39 is 0 Å². The lowest BCUT2D eigenvalue weighted by molar-refractivity contribution is 0.423. The molecule has 1 fully saturated rings. The van der Waals surface area contributed by atoms with E-state index in [-0.39, 0.29) is 0 Å². The molecule has 0 spiro atoms. The Morgan fingerprint density at radius 1 is 1.44 bits per heavy atom. The van der Waals surface area contributed by atoms with Gasteiger partial charge < -0.3 is 4.74 Å². The highest BCUT2D eigenvalue weighted by Crippen LogP contribution is 2.38. The molecule has 1 aliphatic carbocycles. The quantitative estimate of drug-likeness (QED) is 0.470. The van der Waals surface area contributed by atoms with E-state index in [0.29, 0.717) is 12.0 Å². The van der Waals surface area contributed by atoms with Crippen LogP contribution in [0.4, 0.5) is 0 Å². The third-order valence-corrected chi connectivity index (χ3v) is 3.75. The number of ether oxygens (including phenoxy) is 1. The SMILES string of the molecule is C=C(C)[C@H]1C/C=C(/C)CC2O/C2=C(\C)CC1. The first-order valence-electron chi connectivity index (χ1n) is 6.25. The minimum atomic E-state index is 0.401. The minimum Gasteiger partial charge on any atom is -0.483 e. The van der Waals surface area contributed by atoms with Crippen LogP contribution in [0.2, 0.25) is 0 Å². The van der Waals surface area contributed by atoms with Gasteiger partial charge in [0.25, 0.3) is 0 Å². The Morgan fingerprint density at radius 3 is 2.88 bits per heavy atom. The van der Waals surface area contributed by atoms with Gasteiger partial charge in [-0.1, -0.05) is 23.8 Å². The number of allylic oxidation sites excluding steroid dienone is 3. The molecule has 88 valence electrons. The van der Waals surface area contributed by atoms with Crippen molar-refractivity contribution in [3.8, 4) is 0 Å². The molecule has 0 N–H and O–H groups in total. The van der Waals surface area contributed by atoms with E-state index >= 15 is 0 Å². The van der Waals surface area contributed by atoms with Crippen molar-refractivity contribution in [1.29, 1.82) is 0 Å². The molecular formula is C15H22O. The van der Waals surface area contributed by atoms with E-state index in [1.165, 1.54) is 28.9 Å². The molecular weight excluding hydrogens is 196 g/mol. The molecule has 0 saturated carbocycles. The molecule has 1 saturated heterocycles. The first-order valence-corrected chi connectivity index (χ1v) is 6.25. The molecule has 1 nitrogen and oxygen atoms in total. The van der Waals surface area contributed by atoms with Crippen LogP contribution in [0.5, 0.6) is 0 Å². The van der Waals surface area contributed by atoms with Gasteiger partial charge in [0.1, 0.15) is 5.76 Å². The van der Waals surface area contributed by atoms with Crippen molar-refractivity contribution in [2.75, 3.05) is 0 Å². The summed E-state index contributed by atoms with van der Waals surface area (Å²) in [5.41, 5.74) is 4.22. The Kier molecular flexibility index (Phi) is 3.22. The summed E-state index contributed by atoms with van der Waals surface area (Å²) >= 11 is 0. The molecule has 0 radical (unpaired) electrons. The van der Waals surface area contributed by atoms with Crippen molar-refractivity contribution in [3.05, 3.63) is 35.1 Å². The number of fused-ring (bicyclic) bond motifs is 1. The van der Waals surface area contributed by atoms with Gasteiger partial charge in [-0.3, -0.25) is 0 Å². The van der Waals surface area contributed by atoms with Gasteiger partial charge in [-0.25, -0.2) is 0 Å². The Bertz CT molecular complexity index is 360. The van der Waals surface area contributed by atoms with E-state index in [1.807, 2.05) is 0 Å². The fourth-order valence-electron chi connectivity index (χ4n) is 2.43. The van der Waals surface area contributed by atoms with Crippen LogP contribution in [0.15, 0.2) is 35.1 Å². The maximum atomic E-state index is 5.64. The van der Waals surface area contributed by atoms with Crippen LogP contribution in [0.25, 0.3) is 0 Å². The summed E-state index contributed by atoms with van der Waals surface area (Å²) in [6.07, 6.45) is 7.38. The van der Waals surface area contributed by atoms with Crippen LogP contribution in [0, 0.1) is 5.92 Å². The second-order valence-corrected chi connectivity index (χ2v) is 5.32. The topological polar surface area (TPSA) is 12.5 Å². The van der Waals surface area contributed by atoms with Gasteiger partial charge in [-0.05, 0) is 51.5 Å². The summed E-state index contributed by atoms with van der Waals surface area (Å²) in [5.74, 6) is 1.90. The highest BCUT2D eigenvalue weighted by Gasteiger charge is 2.34. The van der Waals surface area contributed by atoms with Crippen molar-refractivity contribution in [3.63, 3.8) is 0 Å². The van der Waals surface area contributed by atoms with Crippen molar-refractivity contribution in [1.82, 2.24) is 0 Å². The van der Waals surface area contributed by atoms with E-state index in [1.54, 1.807) is 0 Å². The first kappa shape index (κ1) is 11.5. The van der Waals surface area contributed by atoms with Crippen molar-refractivity contribution in [2.45, 2.75) is 52.6 Å².